The normalized spacial score (nSPS) is 12.2. The Labute approximate surface area is 150 Å². The van der Waals surface area contributed by atoms with Gasteiger partial charge in [0, 0.05) is 11.8 Å². The molecule has 0 aliphatic rings. The molecule has 0 radical (unpaired) electrons. The molecule has 1 atom stereocenters. The largest absolute Gasteiger partial charge is 1.00 e. The van der Waals surface area contributed by atoms with Crippen LogP contribution in [0.5, 0.6) is 0 Å². The van der Waals surface area contributed by atoms with E-state index in [1.807, 2.05) is 0 Å². The minimum absolute atomic E-state index is 0. The quantitative estimate of drug-likeness (QED) is 0.374. The Bertz CT molecular complexity index is 612. The molecule has 0 amide bonds. The van der Waals surface area contributed by atoms with Crippen LogP contribution in [-0.4, -0.2) is 33.7 Å². The summed E-state index contributed by atoms with van der Waals surface area (Å²) < 4.78 is 16.3. The van der Waals surface area contributed by atoms with Crippen molar-refractivity contribution in [3.05, 3.63) is 32.6 Å². The van der Waals surface area contributed by atoms with Crippen molar-refractivity contribution >= 4 is 7.60 Å². The first kappa shape index (κ1) is 24.2. The summed E-state index contributed by atoms with van der Waals surface area (Å²) in [6.07, 6.45) is -0.408. The molecule has 0 unspecified atom stereocenters. The zero-order valence-corrected chi connectivity index (χ0v) is 13.7. The van der Waals surface area contributed by atoms with E-state index in [4.69, 9.17) is 9.84 Å². The Morgan fingerprint density at radius 3 is 2.45 bits per heavy atom. The van der Waals surface area contributed by atoms with Crippen molar-refractivity contribution in [3.63, 3.8) is 0 Å². The first-order chi connectivity index (χ1) is 9.26. The van der Waals surface area contributed by atoms with Gasteiger partial charge >= 0.3 is 43.4 Å². The van der Waals surface area contributed by atoms with Gasteiger partial charge in [0.25, 0.3) is 5.56 Å². The topological polar surface area (TPSA) is 148 Å². The Hall–Kier alpha value is -0.0552. The molecule has 0 aromatic carbocycles. The summed E-state index contributed by atoms with van der Waals surface area (Å²) in [4.78, 5) is 45.9. The summed E-state index contributed by atoms with van der Waals surface area (Å²) in [6.45, 7) is 0.969. The van der Waals surface area contributed by atoms with Gasteiger partial charge in [-0.3, -0.25) is 14.3 Å². The van der Waals surface area contributed by atoms with E-state index in [2.05, 4.69) is 4.98 Å². The number of nitrogens with one attached hydrogen (secondary N) is 1. The van der Waals surface area contributed by atoms with Crippen LogP contribution < -0.4 is 58.8 Å². The molecule has 0 spiro atoms. The number of hydrogen-bond donors (Lipinski definition) is 2. The molecule has 0 saturated carbocycles. The Morgan fingerprint density at radius 2 is 2.00 bits per heavy atom. The molecule has 0 aliphatic carbocycles. The van der Waals surface area contributed by atoms with E-state index in [0.717, 1.165) is 4.57 Å². The van der Waals surface area contributed by atoms with Gasteiger partial charge in [0.1, 0.15) is 0 Å². The van der Waals surface area contributed by atoms with E-state index in [9.17, 15) is 23.9 Å². The second-order valence-corrected chi connectivity index (χ2v) is 5.61. The van der Waals surface area contributed by atoms with Crippen LogP contribution in [0.4, 0.5) is 0 Å². The SMILES string of the molecule is CCc1cn(C[C@H](CO)OCP(=O)([O-])[O-])c(=O)[nH]c1=O.[Li+].[Li+]. The zero-order chi connectivity index (χ0) is 15.3. The third-order valence-electron chi connectivity index (χ3n) is 2.54. The van der Waals surface area contributed by atoms with Crippen molar-refractivity contribution < 1.29 is 61.9 Å². The first-order valence-corrected chi connectivity index (χ1v) is 7.55. The summed E-state index contributed by atoms with van der Waals surface area (Å²) in [7, 11) is -4.85. The van der Waals surface area contributed by atoms with Crippen LogP contribution in [0.25, 0.3) is 0 Å². The molecular weight excluding hydrogens is 305 g/mol. The van der Waals surface area contributed by atoms with Gasteiger partial charge in [-0.15, -0.1) is 0 Å². The van der Waals surface area contributed by atoms with Crippen molar-refractivity contribution in [1.82, 2.24) is 9.55 Å². The molecule has 114 valence electrons. The Kier molecular flexibility index (Phi) is 11.7. The number of nitrogens with zero attached hydrogens (tertiary/aromatic N) is 1. The van der Waals surface area contributed by atoms with Crippen molar-refractivity contribution in [3.8, 4) is 0 Å². The zero-order valence-electron chi connectivity index (χ0n) is 12.8. The van der Waals surface area contributed by atoms with Gasteiger partial charge in [0.2, 0.25) is 0 Å². The van der Waals surface area contributed by atoms with Crippen LogP contribution in [-0.2, 0) is 22.3 Å². The number of rotatable bonds is 7. The number of aryl methyl sites for hydroxylation is 1. The third-order valence-corrected chi connectivity index (χ3v) is 3.00. The molecule has 22 heavy (non-hydrogen) atoms. The fraction of sp³-hybridized carbons (Fsp3) is 0.600. The monoisotopic (exact) mass is 320 g/mol. The van der Waals surface area contributed by atoms with Crippen LogP contribution in [0.1, 0.15) is 12.5 Å². The number of H-pyrrole nitrogens is 1. The van der Waals surface area contributed by atoms with Crippen molar-refractivity contribution in [1.29, 1.82) is 0 Å². The summed E-state index contributed by atoms with van der Waals surface area (Å²) in [6, 6.07) is 0. The van der Waals surface area contributed by atoms with E-state index < -0.39 is 37.9 Å². The number of aromatic amines is 1. The standard InChI is InChI=1S/C10H17N2O7P.2Li/c1-2-7-3-12(10(15)11-9(7)14)4-8(5-13)19-6-20(16,17)18;;/h3,8,13H,2,4-6H2,1H3,(H,11,14,15)(H2,16,17,18);;/q;2*+1/p-2/t8-;;/m1../s1. The molecule has 9 nitrogen and oxygen atoms in total. The third kappa shape index (κ3) is 7.98. The first-order valence-electron chi connectivity index (χ1n) is 5.83. The minimum atomic E-state index is -4.85. The van der Waals surface area contributed by atoms with Crippen LogP contribution in [0.3, 0.4) is 0 Å². The maximum atomic E-state index is 11.6. The fourth-order valence-electron chi connectivity index (χ4n) is 1.52. The number of ether oxygens (including phenoxy) is 1. The van der Waals surface area contributed by atoms with E-state index >= 15 is 0 Å². The number of aromatic nitrogens is 2. The molecule has 2 N–H and O–H groups in total. The molecule has 0 saturated heterocycles. The average molecular weight is 320 g/mol. The second-order valence-electron chi connectivity index (χ2n) is 4.13. The van der Waals surface area contributed by atoms with Crippen LogP contribution in [0, 0.1) is 0 Å². The van der Waals surface area contributed by atoms with Gasteiger partial charge in [-0.05, 0) is 14.0 Å². The predicted octanol–water partition coefficient (Wildman–Crippen LogP) is -8.64. The van der Waals surface area contributed by atoms with Crippen LogP contribution in [0.2, 0.25) is 0 Å². The number of aliphatic hydroxyl groups excluding tert-OH is 1. The van der Waals surface area contributed by atoms with Gasteiger partial charge in [-0.1, -0.05) is 6.92 Å². The van der Waals surface area contributed by atoms with E-state index in [0.29, 0.717) is 12.0 Å². The number of aliphatic hydroxyl groups is 1. The van der Waals surface area contributed by atoms with Crippen molar-refractivity contribution in [2.45, 2.75) is 26.0 Å². The molecular formula is C10H15Li2N2O7P. The Morgan fingerprint density at radius 1 is 1.41 bits per heavy atom. The molecule has 12 heteroatoms. The molecule has 0 aliphatic heterocycles. The van der Waals surface area contributed by atoms with E-state index in [-0.39, 0.29) is 44.3 Å². The van der Waals surface area contributed by atoms with E-state index in [1.165, 1.54) is 6.20 Å². The van der Waals surface area contributed by atoms with Crippen LogP contribution in [0.15, 0.2) is 15.8 Å². The molecule has 1 heterocycles. The summed E-state index contributed by atoms with van der Waals surface area (Å²) in [5.41, 5.74) is -0.847. The van der Waals surface area contributed by atoms with Gasteiger partial charge in [-0.25, -0.2) is 4.79 Å². The average Bonchev–Trinajstić information content (AvgIpc) is 2.35. The maximum absolute atomic E-state index is 11.6. The second kappa shape index (κ2) is 10.7. The number of hydrogen-bond acceptors (Lipinski definition) is 7. The Balaban J connectivity index is 0. The van der Waals surface area contributed by atoms with Crippen molar-refractivity contribution in [2.75, 3.05) is 13.0 Å². The fourth-order valence-corrected chi connectivity index (χ4v) is 1.91. The summed E-state index contributed by atoms with van der Waals surface area (Å²) in [5, 5.41) is 9.05. The van der Waals surface area contributed by atoms with Gasteiger partial charge in [0.05, 0.1) is 25.6 Å². The smallest absolute Gasteiger partial charge is 0.809 e. The van der Waals surface area contributed by atoms with Gasteiger partial charge in [0.15, 0.2) is 0 Å². The van der Waals surface area contributed by atoms with E-state index in [1.54, 1.807) is 6.92 Å². The summed E-state index contributed by atoms with van der Waals surface area (Å²) >= 11 is 0. The van der Waals surface area contributed by atoms with Crippen LogP contribution >= 0.6 is 7.60 Å². The van der Waals surface area contributed by atoms with Crippen molar-refractivity contribution in [2.24, 2.45) is 0 Å². The molecule has 0 fully saturated rings. The molecule has 1 rings (SSSR count). The van der Waals surface area contributed by atoms with Gasteiger partial charge < -0.3 is 24.2 Å². The molecule has 0 bridgehead atoms. The molecule has 1 aromatic rings. The van der Waals surface area contributed by atoms with Gasteiger partial charge in [-0.2, -0.15) is 0 Å². The summed E-state index contributed by atoms with van der Waals surface area (Å²) in [5.74, 6) is 0. The predicted molar refractivity (Wildman–Crippen MR) is 65.1 cm³/mol. The maximum Gasteiger partial charge on any atom is 1.00 e. The molecule has 1 aromatic heterocycles. The minimum Gasteiger partial charge on any atom is -0.809 e.